The summed E-state index contributed by atoms with van der Waals surface area (Å²) in [6.45, 7) is 0.239. The number of carbonyl (C=O) groups excluding carboxylic acids is 1. The molecule has 0 aliphatic rings. The van der Waals surface area contributed by atoms with Gasteiger partial charge < -0.3 is 9.73 Å². The van der Waals surface area contributed by atoms with Crippen LogP contribution in [0, 0.1) is 0 Å². The van der Waals surface area contributed by atoms with Crippen LogP contribution in [0.25, 0.3) is 10.9 Å². The quantitative estimate of drug-likeness (QED) is 0.536. The molecule has 2 aromatic carbocycles. The fourth-order valence-electron chi connectivity index (χ4n) is 3.54. The highest BCUT2D eigenvalue weighted by Crippen LogP contribution is 2.15. The molecule has 4 aromatic rings. The van der Waals surface area contributed by atoms with E-state index >= 15 is 0 Å². The molecule has 0 spiro atoms. The van der Waals surface area contributed by atoms with Crippen molar-refractivity contribution in [3.8, 4) is 0 Å². The van der Waals surface area contributed by atoms with Crippen molar-refractivity contribution in [2.75, 3.05) is 0 Å². The Labute approximate surface area is 172 Å². The number of fused-ring (bicyclic) bond motifs is 1. The minimum atomic E-state index is -0.991. The number of benzene rings is 2. The Hall–Kier alpha value is -3.87. The topological polar surface area (TPSA) is 86.2 Å². The largest absolute Gasteiger partial charge is 0.472 e. The molecule has 7 heteroatoms. The molecule has 0 unspecified atom stereocenters. The second kappa shape index (κ2) is 8.24. The minimum absolute atomic E-state index is 0.214. The third kappa shape index (κ3) is 3.69. The van der Waals surface area contributed by atoms with Crippen LogP contribution in [0.3, 0.4) is 0 Å². The fourth-order valence-corrected chi connectivity index (χ4v) is 3.54. The number of para-hydroxylation sites is 1. The molecule has 2 aromatic heterocycles. The summed E-state index contributed by atoms with van der Waals surface area (Å²) in [5.41, 5.74) is 1.16. The number of furan rings is 1. The zero-order valence-corrected chi connectivity index (χ0v) is 16.4. The molecule has 1 N–H and O–H groups in total. The van der Waals surface area contributed by atoms with E-state index in [4.69, 9.17) is 4.42 Å². The number of aromatic nitrogens is 2. The molecule has 2 heterocycles. The first-order valence-electron chi connectivity index (χ1n) is 9.59. The predicted octanol–water partition coefficient (Wildman–Crippen LogP) is 2.39. The Morgan fingerprint density at radius 2 is 1.73 bits per heavy atom. The van der Waals surface area contributed by atoms with Crippen LogP contribution in [0.1, 0.15) is 17.2 Å². The summed E-state index contributed by atoms with van der Waals surface area (Å²) in [6, 6.07) is 17.0. The Morgan fingerprint density at radius 1 is 1.00 bits per heavy atom. The van der Waals surface area contributed by atoms with Gasteiger partial charge in [-0.25, -0.2) is 9.36 Å². The van der Waals surface area contributed by atoms with Gasteiger partial charge in [0.05, 0.1) is 23.4 Å². The summed E-state index contributed by atoms with van der Waals surface area (Å²) in [5.74, 6) is -0.408. The lowest BCUT2D eigenvalue weighted by Gasteiger charge is -2.20. The lowest BCUT2D eigenvalue weighted by molar-refractivity contribution is -0.124. The third-order valence-electron chi connectivity index (χ3n) is 5.14. The smallest absolute Gasteiger partial charge is 0.331 e. The van der Waals surface area contributed by atoms with Crippen molar-refractivity contribution in [3.63, 3.8) is 0 Å². The van der Waals surface area contributed by atoms with Gasteiger partial charge in [0.2, 0.25) is 5.91 Å². The fraction of sp³-hybridized carbons (Fsp3) is 0.174. The Bertz CT molecular complexity index is 1290. The molecule has 0 fully saturated rings. The number of nitrogens with zero attached hydrogens (tertiary/aromatic N) is 2. The van der Waals surface area contributed by atoms with Gasteiger partial charge >= 0.3 is 5.69 Å². The van der Waals surface area contributed by atoms with Gasteiger partial charge in [0.15, 0.2) is 0 Å². The number of aryl methyl sites for hydroxylation is 1. The summed E-state index contributed by atoms with van der Waals surface area (Å²) in [5, 5.41) is 3.21. The SMILES string of the molecule is Cn1c(=O)n([C@@H](Cc2ccccc2)C(=O)NCc2ccoc2)c(=O)c2ccccc21. The van der Waals surface area contributed by atoms with E-state index in [-0.39, 0.29) is 13.0 Å². The average molecular weight is 403 g/mol. The first-order valence-corrected chi connectivity index (χ1v) is 9.59. The monoisotopic (exact) mass is 403 g/mol. The van der Waals surface area contributed by atoms with Crippen molar-refractivity contribution in [2.24, 2.45) is 7.05 Å². The molecular formula is C23H21N3O4. The standard InChI is InChI=1S/C23H21N3O4/c1-25-19-10-6-5-9-18(19)22(28)26(23(25)29)20(13-16-7-3-2-4-8-16)21(27)24-14-17-11-12-30-15-17/h2-12,15,20H,13-14H2,1H3,(H,24,27)/t20-/m0/s1. The normalized spacial score (nSPS) is 12.0. The second-order valence-electron chi connectivity index (χ2n) is 7.09. The average Bonchev–Trinajstić information content (AvgIpc) is 3.30. The van der Waals surface area contributed by atoms with Gasteiger partial charge in [0.25, 0.3) is 5.56 Å². The van der Waals surface area contributed by atoms with Gasteiger partial charge in [-0.3, -0.25) is 14.2 Å². The van der Waals surface area contributed by atoms with E-state index in [9.17, 15) is 14.4 Å². The molecule has 30 heavy (non-hydrogen) atoms. The number of hydrogen-bond donors (Lipinski definition) is 1. The van der Waals surface area contributed by atoms with Crippen molar-refractivity contribution in [1.29, 1.82) is 0 Å². The Morgan fingerprint density at radius 3 is 2.47 bits per heavy atom. The molecule has 0 saturated carbocycles. The van der Waals surface area contributed by atoms with Crippen LogP contribution >= 0.6 is 0 Å². The molecular weight excluding hydrogens is 382 g/mol. The van der Waals surface area contributed by atoms with E-state index in [2.05, 4.69) is 5.32 Å². The van der Waals surface area contributed by atoms with Crippen LogP contribution in [0.5, 0.6) is 0 Å². The molecule has 4 rings (SSSR count). The molecule has 1 amide bonds. The van der Waals surface area contributed by atoms with E-state index in [1.165, 1.54) is 17.1 Å². The van der Waals surface area contributed by atoms with Gasteiger partial charge in [-0.1, -0.05) is 42.5 Å². The summed E-state index contributed by atoms with van der Waals surface area (Å²) in [7, 11) is 1.60. The van der Waals surface area contributed by atoms with E-state index in [0.717, 1.165) is 15.7 Å². The first kappa shape index (κ1) is 19.4. The summed E-state index contributed by atoms with van der Waals surface area (Å²) >= 11 is 0. The van der Waals surface area contributed by atoms with E-state index in [1.54, 1.807) is 37.4 Å². The molecule has 0 bridgehead atoms. The Kier molecular flexibility index (Phi) is 5.34. The highest BCUT2D eigenvalue weighted by Gasteiger charge is 2.26. The van der Waals surface area contributed by atoms with Crippen LogP contribution in [0.2, 0.25) is 0 Å². The zero-order chi connectivity index (χ0) is 21.1. The molecule has 7 nitrogen and oxygen atoms in total. The van der Waals surface area contributed by atoms with Gasteiger partial charge in [-0.15, -0.1) is 0 Å². The maximum Gasteiger partial charge on any atom is 0.331 e. The lowest BCUT2D eigenvalue weighted by atomic mass is 10.0. The summed E-state index contributed by atoms with van der Waals surface area (Å²) in [4.78, 5) is 39.5. The highest BCUT2D eigenvalue weighted by atomic mass is 16.3. The van der Waals surface area contributed by atoms with Gasteiger partial charge in [0.1, 0.15) is 6.04 Å². The first-order chi connectivity index (χ1) is 14.6. The van der Waals surface area contributed by atoms with Crippen molar-refractivity contribution in [2.45, 2.75) is 19.0 Å². The van der Waals surface area contributed by atoms with E-state index in [1.807, 2.05) is 30.3 Å². The lowest BCUT2D eigenvalue weighted by Crippen LogP contribution is -2.47. The Balaban J connectivity index is 1.80. The van der Waals surface area contributed by atoms with E-state index < -0.39 is 23.2 Å². The molecule has 0 aliphatic heterocycles. The molecule has 152 valence electrons. The third-order valence-corrected chi connectivity index (χ3v) is 5.14. The number of hydrogen-bond acceptors (Lipinski definition) is 4. The van der Waals surface area contributed by atoms with Gasteiger partial charge in [-0.05, 0) is 23.8 Å². The van der Waals surface area contributed by atoms with Crippen LogP contribution in [0.15, 0.2) is 87.2 Å². The highest BCUT2D eigenvalue weighted by molar-refractivity contribution is 5.82. The van der Waals surface area contributed by atoms with Gasteiger partial charge in [-0.2, -0.15) is 0 Å². The second-order valence-corrected chi connectivity index (χ2v) is 7.09. The molecule has 0 aliphatic carbocycles. The number of amides is 1. The van der Waals surface area contributed by atoms with Crippen molar-refractivity contribution >= 4 is 16.8 Å². The number of nitrogens with one attached hydrogen (secondary N) is 1. The summed E-state index contributed by atoms with van der Waals surface area (Å²) in [6.07, 6.45) is 3.27. The summed E-state index contributed by atoms with van der Waals surface area (Å²) < 4.78 is 7.49. The van der Waals surface area contributed by atoms with Crippen molar-refractivity contribution < 1.29 is 9.21 Å². The number of carbonyl (C=O) groups is 1. The molecule has 0 radical (unpaired) electrons. The van der Waals surface area contributed by atoms with Crippen LogP contribution in [0.4, 0.5) is 0 Å². The minimum Gasteiger partial charge on any atom is -0.472 e. The van der Waals surface area contributed by atoms with E-state index in [0.29, 0.717) is 10.9 Å². The molecule has 0 saturated heterocycles. The van der Waals surface area contributed by atoms with Crippen molar-refractivity contribution in [1.82, 2.24) is 14.5 Å². The zero-order valence-electron chi connectivity index (χ0n) is 16.4. The maximum atomic E-state index is 13.2. The van der Waals surface area contributed by atoms with Crippen LogP contribution in [-0.4, -0.2) is 15.0 Å². The van der Waals surface area contributed by atoms with Crippen LogP contribution in [-0.2, 0) is 24.8 Å². The molecule has 1 atom stereocenters. The number of rotatable bonds is 6. The predicted molar refractivity (Wildman–Crippen MR) is 113 cm³/mol. The van der Waals surface area contributed by atoms with Crippen molar-refractivity contribution in [3.05, 3.63) is 105 Å². The van der Waals surface area contributed by atoms with Crippen LogP contribution < -0.4 is 16.6 Å². The maximum absolute atomic E-state index is 13.2. The van der Waals surface area contributed by atoms with Gasteiger partial charge in [0, 0.05) is 25.6 Å².